The van der Waals surface area contributed by atoms with E-state index in [2.05, 4.69) is 10.3 Å². The molecule has 1 aliphatic heterocycles. The topological polar surface area (TPSA) is 70.4 Å². The Balaban J connectivity index is 1.66. The molecule has 0 unspecified atom stereocenters. The molecule has 2 atom stereocenters. The van der Waals surface area contributed by atoms with Crippen LogP contribution in [0.5, 0.6) is 0 Å². The number of pyridine rings is 1. The third kappa shape index (κ3) is 3.85. The average molecular weight is 459 g/mol. The van der Waals surface area contributed by atoms with Gasteiger partial charge in [-0.1, -0.05) is 12.1 Å². The number of carbonyl (C=O) groups is 1. The summed E-state index contributed by atoms with van der Waals surface area (Å²) in [5.74, 6) is -1.32. The van der Waals surface area contributed by atoms with Gasteiger partial charge >= 0.3 is 5.97 Å². The Morgan fingerprint density at radius 1 is 1.00 bits per heavy atom. The molecule has 33 heavy (non-hydrogen) atoms. The van der Waals surface area contributed by atoms with Gasteiger partial charge < -0.3 is 19.9 Å². The molecule has 5 rings (SSSR count). The first-order chi connectivity index (χ1) is 16.0. The van der Waals surface area contributed by atoms with Crippen LogP contribution in [-0.2, 0) is 0 Å². The highest BCUT2D eigenvalue weighted by atomic mass is 32.1. The Hall–Kier alpha value is -4.04. The van der Waals surface area contributed by atoms with E-state index in [9.17, 15) is 14.3 Å². The second-order valence-corrected chi connectivity index (χ2v) is 8.02. The number of hydrogen-bond donors (Lipinski definition) is 2. The minimum absolute atomic E-state index is 0.198. The maximum atomic E-state index is 13.6. The number of carboxylic acids is 1. The molecule has 2 aromatic heterocycles. The Morgan fingerprint density at radius 3 is 2.55 bits per heavy atom. The van der Waals surface area contributed by atoms with Crippen LogP contribution in [-0.4, -0.2) is 25.7 Å². The largest absolute Gasteiger partial charge is 0.478 e. The number of benzene rings is 2. The number of carboxylic acid groups (broad SMARTS) is 1. The molecule has 1 aliphatic rings. The Kier molecular flexibility index (Phi) is 5.35. The lowest BCUT2D eigenvalue weighted by atomic mass is 10.0. The van der Waals surface area contributed by atoms with Crippen LogP contribution in [0.4, 0.5) is 10.1 Å². The highest BCUT2D eigenvalue weighted by molar-refractivity contribution is 7.80. The van der Waals surface area contributed by atoms with Gasteiger partial charge in [0.2, 0.25) is 0 Å². The normalized spacial score (nSPS) is 17.7. The summed E-state index contributed by atoms with van der Waals surface area (Å²) in [4.78, 5) is 18.0. The molecule has 1 fully saturated rings. The number of halogens is 1. The number of anilines is 1. The summed E-state index contributed by atoms with van der Waals surface area (Å²) in [6, 6.07) is 21.9. The third-order valence-corrected chi connectivity index (χ3v) is 5.97. The number of nitrogens with zero attached hydrogens (tertiary/aromatic N) is 3. The standard InChI is InChI=1S/C25H19FN4O2S/c26-17-9-11-18(12-10-17)30-23(22(28-25(30)33)20-7-1-2-13-27-20)21-8-4-14-29(21)19-6-3-5-16(15-19)24(31)32/h1-15,22-23H,(H,28,33)(H,31,32)/t22-,23-/m1/s1. The molecule has 0 amide bonds. The lowest BCUT2D eigenvalue weighted by molar-refractivity contribution is 0.0697. The Bertz CT molecular complexity index is 1320. The summed E-state index contributed by atoms with van der Waals surface area (Å²) < 4.78 is 15.6. The molecule has 6 nitrogen and oxygen atoms in total. The van der Waals surface area contributed by atoms with Gasteiger partial charge in [0.1, 0.15) is 11.9 Å². The van der Waals surface area contributed by atoms with Gasteiger partial charge in [0.15, 0.2) is 5.11 Å². The maximum absolute atomic E-state index is 13.6. The minimum atomic E-state index is -0.992. The van der Waals surface area contributed by atoms with Gasteiger partial charge in [0.05, 0.1) is 17.3 Å². The Labute approximate surface area is 194 Å². The molecule has 3 heterocycles. The van der Waals surface area contributed by atoms with Crippen LogP contribution in [0, 0.1) is 5.82 Å². The van der Waals surface area contributed by atoms with Gasteiger partial charge in [-0.3, -0.25) is 4.98 Å². The van der Waals surface area contributed by atoms with Crippen molar-refractivity contribution in [2.45, 2.75) is 12.1 Å². The van der Waals surface area contributed by atoms with E-state index in [0.717, 1.165) is 17.1 Å². The molecular weight excluding hydrogens is 439 g/mol. The van der Waals surface area contributed by atoms with Crippen molar-refractivity contribution in [2.24, 2.45) is 0 Å². The molecule has 164 valence electrons. The zero-order valence-electron chi connectivity index (χ0n) is 17.3. The van der Waals surface area contributed by atoms with Crippen molar-refractivity contribution >= 4 is 29.0 Å². The zero-order valence-corrected chi connectivity index (χ0v) is 18.1. The predicted octanol–water partition coefficient (Wildman–Crippen LogP) is 4.89. The van der Waals surface area contributed by atoms with Crippen molar-refractivity contribution in [1.29, 1.82) is 0 Å². The average Bonchev–Trinajstić information content (AvgIpc) is 3.44. The fourth-order valence-corrected chi connectivity index (χ4v) is 4.54. The highest BCUT2D eigenvalue weighted by Gasteiger charge is 2.42. The Morgan fingerprint density at radius 2 is 1.82 bits per heavy atom. The number of hydrogen-bond acceptors (Lipinski definition) is 3. The molecule has 0 aliphatic carbocycles. The lowest BCUT2D eigenvalue weighted by Crippen LogP contribution is -2.30. The van der Waals surface area contributed by atoms with Crippen molar-refractivity contribution < 1.29 is 14.3 Å². The molecule has 0 spiro atoms. The van der Waals surface area contributed by atoms with Crippen molar-refractivity contribution in [1.82, 2.24) is 14.9 Å². The first-order valence-corrected chi connectivity index (χ1v) is 10.7. The van der Waals surface area contributed by atoms with E-state index < -0.39 is 5.97 Å². The first-order valence-electron chi connectivity index (χ1n) is 10.3. The van der Waals surface area contributed by atoms with E-state index >= 15 is 0 Å². The zero-order chi connectivity index (χ0) is 22.9. The summed E-state index contributed by atoms with van der Waals surface area (Å²) >= 11 is 5.70. The fourth-order valence-electron chi connectivity index (χ4n) is 4.19. The van der Waals surface area contributed by atoms with Gasteiger partial charge in [-0.25, -0.2) is 9.18 Å². The summed E-state index contributed by atoms with van der Waals surface area (Å²) in [5, 5.41) is 13.3. The summed E-state index contributed by atoms with van der Waals surface area (Å²) in [6.45, 7) is 0. The first kappa shape index (κ1) is 20.8. The molecule has 2 aromatic carbocycles. The van der Waals surface area contributed by atoms with Gasteiger partial charge in [-0.05, 0) is 78.9 Å². The van der Waals surface area contributed by atoms with Gasteiger partial charge in [0, 0.05) is 29.5 Å². The third-order valence-electron chi connectivity index (χ3n) is 5.66. The molecule has 8 heteroatoms. The molecule has 0 radical (unpaired) electrons. The van der Waals surface area contributed by atoms with Gasteiger partial charge in [0.25, 0.3) is 0 Å². The second kappa shape index (κ2) is 8.48. The van der Waals surface area contributed by atoms with Crippen LogP contribution >= 0.6 is 12.2 Å². The van der Waals surface area contributed by atoms with E-state index in [1.165, 1.54) is 12.1 Å². The van der Waals surface area contributed by atoms with Crippen molar-refractivity contribution in [3.05, 3.63) is 114 Å². The van der Waals surface area contributed by atoms with Crippen molar-refractivity contribution in [2.75, 3.05) is 4.90 Å². The summed E-state index contributed by atoms with van der Waals surface area (Å²) in [5.41, 5.74) is 3.34. The molecule has 0 saturated carbocycles. The van der Waals surface area contributed by atoms with Crippen LogP contribution in [0.1, 0.15) is 33.8 Å². The van der Waals surface area contributed by atoms with E-state index in [1.807, 2.05) is 52.1 Å². The number of aromatic nitrogens is 2. The van der Waals surface area contributed by atoms with Crippen LogP contribution < -0.4 is 10.2 Å². The van der Waals surface area contributed by atoms with Crippen LogP contribution in [0.2, 0.25) is 0 Å². The second-order valence-electron chi connectivity index (χ2n) is 7.63. The van der Waals surface area contributed by atoms with Crippen molar-refractivity contribution in [3.63, 3.8) is 0 Å². The molecule has 2 N–H and O–H groups in total. The summed E-state index contributed by atoms with van der Waals surface area (Å²) in [7, 11) is 0. The van der Waals surface area contributed by atoms with Gasteiger partial charge in [-0.15, -0.1) is 0 Å². The maximum Gasteiger partial charge on any atom is 0.335 e. The molecule has 4 aromatic rings. The van der Waals surface area contributed by atoms with Crippen LogP contribution in [0.15, 0.2) is 91.3 Å². The number of thiocarbonyl (C=S) groups is 1. The van der Waals surface area contributed by atoms with E-state index in [4.69, 9.17) is 12.2 Å². The number of nitrogens with one attached hydrogen (secondary N) is 1. The number of rotatable bonds is 5. The summed E-state index contributed by atoms with van der Waals surface area (Å²) in [6.07, 6.45) is 3.61. The van der Waals surface area contributed by atoms with E-state index in [0.29, 0.717) is 10.8 Å². The van der Waals surface area contributed by atoms with Crippen LogP contribution in [0.25, 0.3) is 5.69 Å². The predicted molar refractivity (Wildman–Crippen MR) is 127 cm³/mol. The minimum Gasteiger partial charge on any atom is -0.478 e. The van der Waals surface area contributed by atoms with Gasteiger partial charge in [-0.2, -0.15) is 0 Å². The van der Waals surface area contributed by atoms with Crippen molar-refractivity contribution in [3.8, 4) is 5.69 Å². The lowest BCUT2D eigenvalue weighted by Gasteiger charge is -2.29. The smallest absolute Gasteiger partial charge is 0.335 e. The quantitative estimate of drug-likeness (QED) is 0.415. The molecule has 1 saturated heterocycles. The fraction of sp³-hybridized carbons (Fsp3) is 0.0800. The monoisotopic (exact) mass is 458 g/mol. The molecule has 0 bridgehead atoms. The van der Waals surface area contributed by atoms with E-state index in [-0.39, 0.29) is 23.5 Å². The number of aromatic carboxylic acids is 1. The highest BCUT2D eigenvalue weighted by Crippen LogP contribution is 2.42. The molecular formula is C25H19FN4O2S. The van der Waals surface area contributed by atoms with E-state index in [1.54, 1.807) is 36.5 Å². The van der Waals surface area contributed by atoms with Crippen LogP contribution in [0.3, 0.4) is 0 Å². The SMILES string of the molecule is O=C(O)c1cccc(-n2cccc2[C@@H]2[C@@H](c3ccccn3)NC(=S)N2c2ccc(F)cc2)c1.